The molecule has 90 valence electrons. The fourth-order valence-corrected chi connectivity index (χ4v) is 1.56. The molecule has 0 aliphatic rings. The van der Waals surface area contributed by atoms with E-state index in [0.29, 0.717) is 6.54 Å². The smallest absolute Gasteiger partial charge is 0.140 e. The Labute approximate surface area is 99.5 Å². The van der Waals surface area contributed by atoms with Crippen LogP contribution in [0.25, 0.3) is 0 Å². The third kappa shape index (κ3) is 3.35. The topological polar surface area (TPSA) is 42.7 Å². The summed E-state index contributed by atoms with van der Waals surface area (Å²) >= 11 is 0. The van der Waals surface area contributed by atoms with Crippen molar-refractivity contribution in [3.05, 3.63) is 47.8 Å². The van der Waals surface area contributed by atoms with Crippen LogP contribution < -0.4 is 5.32 Å². The highest BCUT2D eigenvalue weighted by molar-refractivity contribution is 5.16. The van der Waals surface area contributed by atoms with Crippen molar-refractivity contribution in [1.82, 2.24) is 20.1 Å². The number of hydrogen-bond acceptors (Lipinski definition) is 3. The molecule has 5 heteroatoms. The molecule has 17 heavy (non-hydrogen) atoms. The van der Waals surface area contributed by atoms with Crippen molar-refractivity contribution in [2.24, 2.45) is 7.05 Å². The molecule has 0 saturated carbocycles. The highest BCUT2D eigenvalue weighted by Crippen LogP contribution is 2.02. The molecular formula is C12H15FN4. The number of aryl methyl sites for hydroxylation is 1. The summed E-state index contributed by atoms with van der Waals surface area (Å²) in [4.78, 5) is 4.11. The lowest BCUT2D eigenvalue weighted by Crippen LogP contribution is -2.19. The molecule has 0 aliphatic heterocycles. The minimum absolute atomic E-state index is 0.194. The average molecular weight is 234 g/mol. The SMILES string of the molecule is Cn1ncnc1CNCCc1ccc(F)cc1. The Morgan fingerprint density at radius 3 is 2.71 bits per heavy atom. The first-order chi connectivity index (χ1) is 8.25. The Balaban J connectivity index is 1.73. The molecule has 0 fully saturated rings. The first-order valence-corrected chi connectivity index (χ1v) is 5.54. The number of halogens is 1. The van der Waals surface area contributed by atoms with E-state index in [2.05, 4.69) is 15.4 Å². The molecule has 0 radical (unpaired) electrons. The summed E-state index contributed by atoms with van der Waals surface area (Å²) in [6, 6.07) is 6.58. The Morgan fingerprint density at radius 2 is 2.06 bits per heavy atom. The van der Waals surface area contributed by atoms with Crippen LogP contribution in [-0.4, -0.2) is 21.3 Å². The van der Waals surface area contributed by atoms with Gasteiger partial charge in [0.05, 0.1) is 6.54 Å². The molecule has 0 aliphatic carbocycles. The third-order valence-corrected chi connectivity index (χ3v) is 2.59. The van der Waals surface area contributed by atoms with Crippen LogP contribution in [0.1, 0.15) is 11.4 Å². The summed E-state index contributed by atoms with van der Waals surface area (Å²) in [6.07, 6.45) is 2.41. The van der Waals surface area contributed by atoms with E-state index in [0.717, 1.165) is 24.4 Å². The lowest BCUT2D eigenvalue weighted by Gasteiger charge is -2.04. The molecule has 0 spiro atoms. The van der Waals surface area contributed by atoms with Crippen LogP contribution in [0.15, 0.2) is 30.6 Å². The number of hydrogen-bond donors (Lipinski definition) is 1. The summed E-state index contributed by atoms with van der Waals surface area (Å²) in [7, 11) is 1.87. The summed E-state index contributed by atoms with van der Waals surface area (Å²) in [5, 5.41) is 7.26. The summed E-state index contributed by atoms with van der Waals surface area (Å²) < 4.78 is 14.4. The fourth-order valence-electron chi connectivity index (χ4n) is 1.56. The van der Waals surface area contributed by atoms with E-state index < -0.39 is 0 Å². The monoisotopic (exact) mass is 234 g/mol. The van der Waals surface area contributed by atoms with Gasteiger partial charge in [0.15, 0.2) is 0 Å². The maximum absolute atomic E-state index is 12.7. The van der Waals surface area contributed by atoms with Crippen molar-refractivity contribution >= 4 is 0 Å². The van der Waals surface area contributed by atoms with Crippen LogP contribution in [0.4, 0.5) is 4.39 Å². The van der Waals surface area contributed by atoms with Crippen LogP contribution in [-0.2, 0) is 20.0 Å². The molecule has 0 atom stereocenters. The molecule has 1 N–H and O–H groups in total. The molecule has 1 aromatic carbocycles. The van der Waals surface area contributed by atoms with Crippen LogP contribution in [0, 0.1) is 5.82 Å². The third-order valence-electron chi connectivity index (χ3n) is 2.59. The van der Waals surface area contributed by atoms with Crippen molar-refractivity contribution in [2.45, 2.75) is 13.0 Å². The van der Waals surface area contributed by atoms with Gasteiger partial charge in [-0.3, -0.25) is 4.68 Å². The second-order valence-corrected chi connectivity index (χ2v) is 3.85. The minimum atomic E-state index is -0.194. The van der Waals surface area contributed by atoms with Gasteiger partial charge in [-0.05, 0) is 30.7 Å². The molecule has 2 rings (SSSR count). The lowest BCUT2D eigenvalue weighted by molar-refractivity contribution is 0.611. The largest absolute Gasteiger partial charge is 0.310 e. The second-order valence-electron chi connectivity index (χ2n) is 3.85. The van der Waals surface area contributed by atoms with Crippen LogP contribution in [0.5, 0.6) is 0 Å². The quantitative estimate of drug-likeness (QED) is 0.793. The van der Waals surface area contributed by atoms with E-state index in [4.69, 9.17) is 0 Å². The van der Waals surface area contributed by atoms with Gasteiger partial charge in [-0.25, -0.2) is 9.37 Å². The lowest BCUT2D eigenvalue weighted by atomic mass is 10.1. The first-order valence-electron chi connectivity index (χ1n) is 5.54. The molecule has 0 amide bonds. The predicted octanol–water partition coefficient (Wildman–Crippen LogP) is 1.29. The van der Waals surface area contributed by atoms with Gasteiger partial charge in [-0.15, -0.1) is 0 Å². The van der Waals surface area contributed by atoms with Gasteiger partial charge >= 0.3 is 0 Å². The van der Waals surface area contributed by atoms with Gasteiger partial charge in [0.2, 0.25) is 0 Å². The van der Waals surface area contributed by atoms with Crippen molar-refractivity contribution in [2.75, 3.05) is 6.54 Å². The van der Waals surface area contributed by atoms with Gasteiger partial charge in [0.1, 0.15) is 18.0 Å². The Morgan fingerprint density at radius 1 is 1.29 bits per heavy atom. The number of benzene rings is 1. The molecular weight excluding hydrogens is 219 g/mol. The highest BCUT2D eigenvalue weighted by Gasteiger charge is 1.99. The van der Waals surface area contributed by atoms with E-state index in [1.807, 2.05) is 7.05 Å². The molecule has 0 saturated heterocycles. The Bertz CT molecular complexity index is 464. The van der Waals surface area contributed by atoms with E-state index in [1.54, 1.807) is 16.8 Å². The number of nitrogens with zero attached hydrogens (tertiary/aromatic N) is 3. The van der Waals surface area contributed by atoms with Crippen LogP contribution in [0.2, 0.25) is 0 Å². The number of nitrogens with one attached hydrogen (secondary N) is 1. The van der Waals surface area contributed by atoms with E-state index >= 15 is 0 Å². The van der Waals surface area contributed by atoms with Gasteiger partial charge in [-0.2, -0.15) is 5.10 Å². The zero-order valence-electron chi connectivity index (χ0n) is 9.73. The maximum Gasteiger partial charge on any atom is 0.140 e. The molecule has 0 unspecified atom stereocenters. The first kappa shape index (κ1) is 11.7. The predicted molar refractivity (Wildman–Crippen MR) is 62.8 cm³/mol. The highest BCUT2D eigenvalue weighted by atomic mass is 19.1. The molecule has 2 aromatic rings. The van der Waals surface area contributed by atoms with Crippen molar-refractivity contribution in [3.63, 3.8) is 0 Å². The van der Waals surface area contributed by atoms with Gasteiger partial charge in [-0.1, -0.05) is 12.1 Å². The van der Waals surface area contributed by atoms with Gasteiger partial charge in [0, 0.05) is 7.05 Å². The van der Waals surface area contributed by atoms with Gasteiger partial charge < -0.3 is 5.32 Å². The van der Waals surface area contributed by atoms with Crippen LogP contribution in [0.3, 0.4) is 0 Å². The molecule has 4 nitrogen and oxygen atoms in total. The summed E-state index contributed by atoms with van der Waals surface area (Å²) in [5.41, 5.74) is 1.12. The Hall–Kier alpha value is -1.75. The standard InChI is InChI=1S/C12H15FN4/c1-17-12(15-9-16-17)8-14-7-6-10-2-4-11(13)5-3-10/h2-5,9,14H,6-8H2,1H3. The van der Waals surface area contributed by atoms with Gasteiger partial charge in [0.25, 0.3) is 0 Å². The van der Waals surface area contributed by atoms with E-state index in [9.17, 15) is 4.39 Å². The molecule has 1 heterocycles. The zero-order valence-corrected chi connectivity index (χ0v) is 9.73. The van der Waals surface area contributed by atoms with Crippen LogP contribution >= 0.6 is 0 Å². The van der Waals surface area contributed by atoms with E-state index in [-0.39, 0.29) is 5.82 Å². The van der Waals surface area contributed by atoms with Crippen molar-refractivity contribution in [1.29, 1.82) is 0 Å². The van der Waals surface area contributed by atoms with Crippen molar-refractivity contribution in [3.8, 4) is 0 Å². The average Bonchev–Trinajstić information content (AvgIpc) is 2.73. The Kier molecular flexibility index (Phi) is 3.82. The maximum atomic E-state index is 12.7. The zero-order chi connectivity index (χ0) is 12.1. The summed E-state index contributed by atoms with van der Waals surface area (Å²) in [6.45, 7) is 1.52. The normalized spacial score (nSPS) is 10.7. The summed E-state index contributed by atoms with van der Waals surface area (Å²) in [5.74, 6) is 0.713. The van der Waals surface area contributed by atoms with E-state index in [1.165, 1.54) is 18.5 Å². The number of aromatic nitrogens is 3. The molecule has 1 aromatic heterocycles. The fraction of sp³-hybridized carbons (Fsp3) is 0.333. The second kappa shape index (κ2) is 5.54. The van der Waals surface area contributed by atoms with Crippen molar-refractivity contribution < 1.29 is 4.39 Å². The molecule has 0 bridgehead atoms. The minimum Gasteiger partial charge on any atom is -0.310 e. The number of rotatable bonds is 5.